The molecule has 1 aromatic heterocycles. The molecule has 0 radical (unpaired) electrons. The monoisotopic (exact) mass is 309 g/mol. The molecule has 1 amide bonds. The van der Waals surface area contributed by atoms with Gasteiger partial charge >= 0.3 is 0 Å². The van der Waals surface area contributed by atoms with Crippen LogP contribution in [0.5, 0.6) is 0 Å². The summed E-state index contributed by atoms with van der Waals surface area (Å²) in [5, 5.41) is 3.38. The van der Waals surface area contributed by atoms with Gasteiger partial charge in [0, 0.05) is 12.0 Å². The van der Waals surface area contributed by atoms with Gasteiger partial charge in [-0.25, -0.2) is 9.97 Å². The van der Waals surface area contributed by atoms with Gasteiger partial charge < -0.3 is 5.32 Å². The first-order chi connectivity index (χ1) is 9.78. The Labute approximate surface area is 131 Å². The van der Waals surface area contributed by atoms with Crippen LogP contribution in [0.25, 0.3) is 0 Å². The van der Waals surface area contributed by atoms with E-state index >= 15 is 0 Å². The molecule has 0 bridgehead atoms. The molecular formula is C16H24ClN3O. The van der Waals surface area contributed by atoms with Crippen molar-refractivity contribution < 1.29 is 4.79 Å². The van der Waals surface area contributed by atoms with Crippen molar-refractivity contribution in [2.75, 3.05) is 0 Å². The van der Waals surface area contributed by atoms with Gasteiger partial charge in [-0.2, -0.15) is 0 Å². The smallest absolute Gasteiger partial charge is 0.271 e. The highest BCUT2D eigenvalue weighted by molar-refractivity contribution is 6.33. The van der Waals surface area contributed by atoms with Crippen LogP contribution in [-0.2, 0) is 0 Å². The Morgan fingerprint density at radius 3 is 2.57 bits per heavy atom. The van der Waals surface area contributed by atoms with Crippen LogP contribution in [0.4, 0.5) is 0 Å². The number of carbonyl (C=O) groups is 1. The third-order valence-electron chi connectivity index (χ3n) is 4.17. The molecular weight excluding hydrogens is 286 g/mol. The van der Waals surface area contributed by atoms with Gasteiger partial charge in [-0.3, -0.25) is 4.79 Å². The minimum Gasteiger partial charge on any atom is -0.348 e. The van der Waals surface area contributed by atoms with Gasteiger partial charge in [0.15, 0.2) is 0 Å². The quantitative estimate of drug-likeness (QED) is 0.919. The minimum atomic E-state index is -0.186. The first kappa shape index (κ1) is 16.2. The van der Waals surface area contributed by atoms with Gasteiger partial charge in [0.25, 0.3) is 5.91 Å². The van der Waals surface area contributed by atoms with Crippen molar-refractivity contribution in [2.45, 2.75) is 65.3 Å². The third kappa shape index (κ3) is 4.16. The highest BCUT2D eigenvalue weighted by Crippen LogP contribution is 2.35. The van der Waals surface area contributed by atoms with E-state index < -0.39 is 0 Å². The molecule has 1 aromatic rings. The summed E-state index contributed by atoms with van der Waals surface area (Å²) in [5.41, 5.74) is 0.679. The molecule has 1 saturated carbocycles. The van der Waals surface area contributed by atoms with Crippen molar-refractivity contribution in [3.05, 3.63) is 22.7 Å². The lowest BCUT2D eigenvalue weighted by Crippen LogP contribution is -2.39. The van der Waals surface area contributed by atoms with E-state index in [1.807, 2.05) is 13.8 Å². The summed E-state index contributed by atoms with van der Waals surface area (Å²) < 4.78 is 0. The fourth-order valence-corrected chi connectivity index (χ4v) is 2.79. The Morgan fingerprint density at radius 1 is 1.38 bits per heavy atom. The summed E-state index contributed by atoms with van der Waals surface area (Å²) in [6.45, 7) is 8.55. The maximum Gasteiger partial charge on any atom is 0.271 e. The Kier molecular flexibility index (Phi) is 4.87. The second-order valence-corrected chi connectivity index (χ2v) is 7.40. The first-order valence-electron chi connectivity index (χ1n) is 7.62. The molecule has 2 rings (SSSR count). The molecule has 1 aliphatic carbocycles. The van der Waals surface area contributed by atoms with Crippen molar-refractivity contribution in [3.8, 4) is 0 Å². The number of nitrogens with one attached hydrogen (secondary N) is 1. The largest absolute Gasteiger partial charge is 0.348 e. The second kappa shape index (κ2) is 6.30. The number of halogens is 1. The second-order valence-electron chi connectivity index (χ2n) is 6.99. The number of amides is 1. The van der Waals surface area contributed by atoms with Gasteiger partial charge in [-0.15, -0.1) is 0 Å². The molecule has 1 fully saturated rings. The zero-order valence-electron chi connectivity index (χ0n) is 13.2. The number of nitrogens with zero attached hydrogens (tertiary/aromatic N) is 2. The number of hydrogen-bond donors (Lipinski definition) is 1. The summed E-state index contributed by atoms with van der Waals surface area (Å²) in [5.74, 6) is 0.632. The van der Waals surface area contributed by atoms with Crippen LogP contribution < -0.4 is 5.32 Å². The van der Waals surface area contributed by atoms with E-state index in [2.05, 4.69) is 29.1 Å². The Morgan fingerprint density at radius 2 is 2.00 bits per heavy atom. The normalized spacial score (nSPS) is 18.8. The molecule has 0 atom stereocenters. The highest BCUT2D eigenvalue weighted by atomic mass is 35.5. The van der Waals surface area contributed by atoms with Crippen LogP contribution in [0.15, 0.2) is 6.20 Å². The number of hydrogen-bond acceptors (Lipinski definition) is 3. The number of aromatic nitrogens is 2. The molecule has 0 saturated heterocycles. The van der Waals surface area contributed by atoms with Crippen LogP contribution in [0.3, 0.4) is 0 Å². The molecule has 116 valence electrons. The van der Waals surface area contributed by atoms with Crippen molar-refractivity contribution in [1.29, 1.82) is 0 Å². The summed E-state index contributed by atoms with van der Waals surface area (Å²) in [7, 11) is 0. The SMILES string of the molecule is CC(C)c1ncc(Cl)c(C(=O)NC2CCC(C)(C)CC2)n1. The maximum absolute atomic E-state index is 12.4. The van der Waals surface area contributed by atoms with Gasteiger partial charge in [-0.1, -0.05) is 39.3 Å². The highest BCUT2D eigenvalue weighted by Gasteiger charge is 2.28. The van der Waals surface area contributed by atoms with E-state index in [-0.39, 0.29) is 17.9 Å². The molecule has 0 aliphatic heterocycles. The van der Waals surface area contributed by atoms with E-state index in [1.54, 1.807) is 0 Å². The van der Waals surface area contributed by atoms with Gasteiger partial charge in [0.1, 0.15) is 11.5 Å². The Hall–Kier alpha value is -1.16. The van der Waals surface area contributed by atoms with E-state index in [9.17, 15) is 4.79 Å². The molecule has 1 N–H and O–H groups in total. The first-order valence-corrected chi connectivity index (χ1v) is 7.99. The van der Waals surface area contributed by atoms with Crippen LogP contribution in [-0.4, -0.2) is 21.9 Å². The van der Waals surface area contributed by atoms with E-state index in [1.165, 1.54) is 6.20 Å². The van der Waals surface area contributed by atoms with E-state index in [4.69, 9.17) is 11.6 Å². The average Bonchev–Trinajstić information content (AvgIpc) is 2.41. The van der Waals surface area contributed by atoms with Gasteiger partial charge in [0.2, 0.25) is 0 Å². The molecule has 0 aromatic carbocycles. The molecule has 0 spiro atoms. The predicted octanol–water partition coefficient (Wildman–Crippen LogP) is 3.95. The van der Waals surface area contributed by atoms with E-state index in [0.29, 0.717) is 22.0 Å². The lowest BCUT2D eigenvalue weighted by Gasteiger charge is -2.34. The molecule has 4 nitrogen and oxygen atoms in total. The molecule has 0 unspecified atom stereocenters. The summed E-state index contributed by atoms with van der Waals surface area (Å²) in [6.07, 6.45) is 5.80. The van der Waals surface area contributed by atoms with Gasteiger partial charge in [0.05, 0.1) is 11.2 Å². The fourth-order valence-electron chi connectivity index (χ4n) is 2.62. The van der Waals surface area contributed by atoms with Crippen molar-refractivity contribution in [1.82, 2.24) is 15.3 Å². The van der Waals surface area contributed by atoms with Crippen LogP contribution in [0, 0.1) is 5.41 Å². The summed E-state index contributed by atoms with van der Waals surface area (Å²) in [4.78, 5) is 20.9. The van der Waals surface area contributed by atoms with Crippen LogP contribution >= 0.6 is 11.6 Å². The zero-order valence-corrected chi connectivity index (χ0v) is 14.0. The summed E-state index contributed by atoms with van der Waals surface area (Å²) in [6, 6.07) is 0.221. The summed E-state index contributed by atoms with van der Waals surface area (Å²) >= 11 is 6.07. The van der Waals surface area contributed by atoms with Crippen LogP contribution in [0.1, 0.15) is 75.6 Å². The van der Waals surface area contributed by atoms with Gasteiger partial charge in [-0.05, 0) is 31.1 Å². The Balaban J connectivity index is 2.05. The lowest BCUT2D eigenvalue weighted by atomic mass is 9.75. The fraction of sp³-hybridized carbons (Fsp3) is 0.688. The Bertz CT molecular complexity index is 518. The predicted molar refractivity (Wildman–Crippen MR) is 84.6 cm³/mol. The number of rotatable bonds is 3. The molecule has 1 heterocycles. The van der Waals surface area contributed by atoms with Crippen molar-refractivity contribution in [2.24, 2.45) is 5.41 Å². The van der Waals surface area contributed by atoms with Crippen molar-refractivity contribution in [3.63, 3.8) is 0 Å². The minimum absolute atomic E-state index is 0.171. The van der Waals surface area contributed by atoms with Crippen molar-refractivity contribution >= 4 is 17.5 Å². The lowest BCUT2D eigenvalue weighted by molar-refractivity contribution is 0.0903. The van der Waals surface area contributed by atoms with E-state index in [0.717, 1.165) is 25.7 Å². The third-order valence-corrected chi connectivity index (χ3v) is 4.45. The zero-order chi connectivity index (χ0) is 15.6. The molecule has 5 heteroatoms. The molecule has 21 heavy (non-hydrogen) atoms. The number of carbonyl (C=O) groups excluding carboxylic acids is 1. The standard InChI is InChI=1S/C16H24ClN3O/c1-10(2)14-18-9-12(17)13(20-14)15(21)19-11-5-7-16(3,4)8-6-11/h9-11H,5-8H2,1-4H3,(H,19,21). The molecule has 1 aliphatic rings. The topological polar surface area (TPSA) is 54.9 Å². The maximum atomic E-state index is 12.4. The average molecular weight is 310 g/mol. The van der Waals surface area contributed by atoms with Crippen LogP contribution in [0.2, 0.25) is 5.02 Å².